The molecular weight excluding hydrogens is 402 g/mol. The van der Waals surface area contributed by atoms with Gasteiger partial charge in [0.1, 0.15) is 11.1 Å². The van der Waals surface area contributed by atoms with Crippen molar-refractivity contribution in [3.8, 4) is 11.1 Å². The number of anilines is 1. The van der Waals surface area contributed by atoms with Gasteiger partial charge < -0.3 is 24.5 Å². The SMILES string of the molecule is O=c1cc(-c2c[nH]c3ncc(N4CCOCC4)cc23)ccn1CC1=CNC(Cl)C=C1. The number of allylic oxidation sites excluding steroid dienone is 2. The molecule has 0 aliphatic carbocycles. The van der Waals surface area contributed by atoms with Gasteiger partial charge in [-0.3, -0.25) is 4.79 Å². The molecule has 2 N–H and O–H groups in total. The van der Waals surface area contributed by atoms with E-state index in [-0.39, 0.29) is 11.1 Å². The maximum Gasteiger partial charge on any atom is 0.251 e. The first-order chi connectivity index (χ1) is 14.7. The molecule has 0 amide bonds. The van der Waals surface area contributed by atoms with E-state index in [9.17, 15) is 4.79 Å². The van der Waals surface area contributed by atoms with E-state index in [1.807, 2.05) is 43.0 Å². The summed E-state index contributed by atoms with van der Waals surface area (Å²) in [6, 6.07) is 5.78. The second-order valence-corrected chi connectivity index (χ2v) is 7.89. The number of dihydropyridines is 1. The highest BCUT2D eigenvalue weighted by Gasteiger charge is 2.15. The van der Waals surface area contributed by atoms with Gasteiger partial charge >= 0.3 is 0 Å². The van der Waals surface area contributed by atoms with Crippen molar-refractivity contribution >= 4 is 28.3 Å². The molecule has 1 fully saturated rings. The standard InChI is InChI=1S/C22H22ClN5O2/c23-20-2-1-15(11-24-20)14-28-4-3-16(9-21(28)29)19-13-26-22-18(19)10-17(12-25-22)27-5-7-30-8-6-27/h1-4,9-13,20,24H,5-8,14H2,(H,25,26). The zero-order valence-electron chi connectivity index (χ0n) is 16.3. The minimum absolute atomic E-state index is 0.0542. The molecule has 154 valence electrons. The number of aromatic nitrogens is 3. The first-order valence-corrected chi connectivity index (χ1v) is 10.4. The summed E-state index contributed by atoms with van der Waals surface area (Å²) in [5, 5.41) is 4.04. The average Bonchev–Trinajstić information content (AvgIpc) is 3.20. The Labute approximate surface area is 178 Å². The van der Waals surface area contributed by atoms with Crippen molar-refractivity contribution in [3.05, 3.63) is 71.1 Å². The maximum atomic E-state index is 12.7. The van der Waals surface area contributed by atoms with E-state index in [1.165, 1.54) is 0 Å². The first-order valence-electron chi connectivity index (χ1n) is 9.95. The number of alkyl halides is 1. The Bertz CT molecular complexity index is 1190. The quantitative estimate of drug-likeness (QED) is 0.498. The molecular formula is C22H22ClN5O2. The van der Waals surface area contributed by atoms with E-state index in [1.54, 1.807) is 10.6 Å². The number of aromatic amines is 1. The van der Waals surface area contributed by atoms with Gasteiger partial charge in [-0.2, -0.15) is 0 Å². The predicted octanol–water partition coefficient (Wildman–Crippen LogP) is 2.84. The monoisotopic (exact) mass is 423 g/mol. The molecule has 0 radical (unpaired) electrons. The lowest BCUT2D eigenvalue weighted by Gasteiger charge is -2.28. The van der Waals surface area contributed by atoms with Crippen LogP contribution in [0.4, 0.5) is 5.69 Å². The number of hydrogen-bond donors (Lipinski definition) is 2. The normalized spacial score (nSPS) is 19.0. The van der Waals surface area contributed by atoms with Crippen LogP contribution in [0.2, 0.25) is 0 Å². The molecule has 1 atom stereocenters. The topological polar surface area (TPSA) is 75.2 Å². The Kier molecular flexibility index (Phi) is 5.06. The van der Waals surface area contributed by atoms with Crippen LogP contribution in [0.25, 0.3) is 22.2 Å². The van der Waals surface area contributed by atoms with Gasteiger partial charge in [0.25, 0.3) is 5.56 Å². The lowest BCUT2D eigenvalue weighted by molar-refractivity contribution is 0.122. The summed E-state index contributed by atoms with van der Waals surface area (Å²) in [5.74, 6) is 0. The fourth-order valence-corrected chi connectivity index (χ4v) is 3.96. The van der Waals surface area contributed by atoms with Crippen LogP contribution in [0.15, 0.2) is 65.5 Å². The Morgan fingerprint density at radius 1 is 1.27 bits per heavy atom. The first kappa shape index (κ1) is 19.0. The molecule has 0 aromatic carbocycles. The van der Waals surface area contributed by atoms with Gasteiger partial charge in [-0.1, -0.05) is 17.7 Å². The number of nitrogens with zero attached hydrogens (tertiary/aromatic N) is 3. The number of pyridine rings is 2. The number of halogens is 1. The fourth-order valence-electron chi connectivity index (χ4n) is 3.83. The van der Waals surface area contributed by atoms with Crippen LogP contribution in [0.3, 0.4) is 0 Å². The van der Waals surface area contributed by atoms with Crippen molar-refractivity contribution < 1.29 is 4.74 Å². The molecule has 8 heteroatoms. The lowest BCUT2D eigenvalue weighted by Crippen LogP contribution is -2.36. The van der Waals surface area contributed by atoms with Crippen molar-refractivity contribution in [3.63, 3.8) is 0 Å². The zero-order chi connectivity index (χ0) is 20.5. The van der Waals surface area contributed by atoms with E-state index in [0.29, 0.717) is 6.54 Å². The minimum Gasteiger partial charge on any atom is -0.378 e. The predicted molar refractivity (Wildman–Crippen MR) is 119 cm³/mol. The molecule has 30 heavy (non-hydrogen) atoms. The van der Waals surface area contributed by atoms with Gasteiger partial charge in [0.2, 0.25) is 0 Å². The highest BCUT2D eigenvalue weighted by molar-refractivity contribution is 6.21. The third-order valence-electron chi connectivity index (χ3n) is 5.46. The van der Waals surface area contributed by atoms with E-state index in [0.717, 1.165) is 59.7 Å². The fraction of sp³-hybridized carbons (Fsp3) is 0.273. The Morgan fingerprint density at radius 2 is 2.13 bits per heavy atom. The van der Waals surface area contributed by atoms with Crippen LogP contribution in [0, 0.1) is 0 Å². The van der Waals surface area contributed by atoms with Gasteiger partial charge in [0, 0.05) is 48.7 Å². The number of nitrogens with one attached hydrogen (secondary N) is 2. The average molecular weight is 424 g/mol. The summed E-state index contributed by atoms with van der Waals surface area (Å²) in [4.78, 5) is 22.8. The molecule has 5 rings (SSSR count). The molecule has 5 heterocycles. The van der Waals surface area contributed by atoms with Crippen LogP contribution in [-0.2, 0) is 11.3 Å². The van der Waals surface area contributed by atoms with Crippen LogP contribution in [-0.4, -0.2) is 46.3 Å². The summed E-state index contributed by atoms with van der Waals surface area (Å²) >= 11 is 5.97. The Hall–Kier alpha value is -3.03. The van der Waals surface area contributed by atoms with Gasteiger partial charge in [-0.15, -0.1) is 0 Å². The largest absolute Gasteiger partial charge is 0.378 e. The van der Waals surface area contributed by atoms with Gasteiger partial charge in [0.05, 0.1) is 31.6 Å². The van der Waals surface area contributed by atoms with Gasteiger partial charge in [-0.05, 0) is 29.3 Å². The highest BCUT2D eigenvalue weighted by Crippen LogP contribution is 2.30. The molecule has 0 spiro atoms. The third kappa shape index (κ3) is 3.74. The second-order valence-electron chi connectivity index (χ2n) is 7.42. The van der Waals surface area contributed by atoms with Gasteiger partial charge in [0.15, 0.2) is 0 Å². The number of hydrogen-bond acceptors (Lipinski definition) is 5. The molecule has 3 aromatic heterocycles. The van der Waals surface area contributed by atoms with E-state index in [4.69, 9.17) is 16.3 Å². The number of ether oxygens (including phenoxy) is 1. The molecule has 2 aliphatic rings. The van der Waals surface area contributed by atoms with Crippen LogP contribution in [0.5, 0.6) is 0 Å². The van der Waals surface area contributed by atoms with Crippen molar-refractivity contribution in [2.45, 2.75) is 12.0 Å². The molecule has 1 unspecified atom stereocenters. The van der Waals surface area contributed by atoms with E-state index < -0.39 is 0 Å². The van der Waals surface area contributed by atoms with Crippen molar-refractivity contribution in [1.82, 2.24) is 19.9 Å². The van der Waals surface area contributed by atoms with Crippen molar-refractivity contribution in [2.75, 3.05) is 31.2 Å². The Morgan fingerprint density at radius 3 is 2.90 bits per heavy atom. The number of fused-ring (bicyclic) bond motifs is 1. The second kappa shape index (κ2) is 8.01. The minimum atomic E-state index is -0.203. The molecule has 2 aliphatic heterocycles. The smallest absolute Gasteiger partial charge is 0.251 e. The van der Waals surface area contributed by atoms with Crippen LogP contribution >= 0.6 is 11.6 Å². The third-order valence-corrected chi connectivity index (χ3v) is 5.73. The highest BCUT2D eigenvalue weighted by atomic mass is 35.5. The van der Waals surface area contributed by atoms with Crippen LogP contribution in [0.1, 0.15) is 0 Å². The lowest BCUT2D eigenvalue weighted by atomic mass is 10.1. The molecule has 3 aromatic rings. The molecule has 7 nitrogen and oxygen atoms in total. The number of H-pyrrole nitrogens is 1. The summed E-state index contributed by atoms with van der Waals surface area (Å²) in [6.45, 7) is 3.65. The summed E-state index contributed by atoms with van der Waals surface area (Å²) in [6.07, 6.45) is 11.3. The summed E-state index contributed by atoms with van der Waals surface area (Å²) in [7, 11) is 0. The summed E-state index contributed by atoms with van der Waals surface area (Å²) in [5.41, 5.74) is 4.46. The van der Waals surface area contributed by atoms with Crippen molar-refractivity contribution in [1.29, 1.82) is 0 Å². The number of rotatable bonds is 4. The van der Waals surface area contributed by atoms with Crippen LogP contribution < -0.4 is 15.8 Å². The number of morpholine rings is 1. The molecule has 0 saturated carbocycles. The maximum absolute atomic E-state index is 12.7. The van der Waals surface area contributed by atoms with E-state index >= 15 is 0 Å². The Balaban J connectivity index is 1.44. The van der Waals surface area contributed by atoms with E-state index in [2.05, 4.69) is 26.3 Å². The molecule has 0 bridgehead atoms. The van der Waals surface area contributed by atoms with Crippen molar-refractivity contribution in [2.24, 2.45) is 0 Å². The zero-order valence-corrected chi connectivity index (χ0v) is 17.1. The van der Waals surface area contributed by atoms with Gasteiger partial charge in [-0.25, -0.2) is 4.98 Å². The molecule has 1 saturated heterocycles. The summed E-state index contributed by atoms with van der Waals surface area (Å²) < 4.78 is 7.13.